The van der Waals surface area contributed by atoms with Gasteiger partial charge in [-0.1, -0.05) is 35.6 Å². The van der Waals surface area contributed by atoms with Crippen LogP contribution in [0.15, 0.2) is 83.9 Å². The Kier molecular flexibility index (Phi) is 6.94. The Morgan fingerprint density at radius 3 is 2.68 bits per heavy atom. The van der Waals surface area contributed by atoms with Crippen molar-refractivity contribution in [2.24, 2.45) is 4.99 Å². The van der Waals surface area contributed by atoms with Crippen molar-refractivity contribution in [1.82, 2.24) is 4.57 Å². The molecule has 0 spiro atoms. The average molecular weight is 610 g/mol. The molecule has 0 radical (unpaired) electrons. The van der Waals surface area contributed by atoms with E-state index in [2.05, 4.69) is 26.1 Å². The predicted octanol–water partition coefficient (Wildman–Crippen LogP) is 5.28. The summed E-state index contributed by atoms with van der Waals surface area (Å²) in [5.41, 5.74) is 1.55. The number of anilines is 2. The van der Waals surface area contributed by atoms with Crippen LogP contribution in [0.25, 0.3) is 6.08 Å². The summed E-state index contributed by atoms with van der Waals surface area (Å²) < 4.78 is 9.20. The van der Waals surface area contributed by atoms with Crippen LogP contribution in [0.4, 0.5) is 11.6 Å². The lowest BCUT2D eigenvalue weighted by Crippen LogP contribution is -2.40. The van der Waals surface area contributed by atoms with Crippen LogP contribution in [0.2, 0.25) is 0 Å². The van der Waals surface area contributed by atoms with Gasteiger partial charge >= 0.3 is 0 Å². The zero-order chi connectivity index (χ0) is 26.2. The third-order valence-corrected chi connectivity index (χ3v) is 9.19. The van der Waals surface area contributed by atoms with Crippen molar-refractivity contribution in [2.75, 3.05) is 23.3 Å². The first kappa shape index (κ1) is 25.1. The average Bonchev–Trinajstić information content (AvgIpc) is 3.65. The fourth-order valence-corrected chi connectivity index (χ4v) is 7.34. The number of furan rings is 1. The Labute approximate surface area is 235 Å². The molecule has 3 aromatic heterocycles. The van der Waals surface area contributed by atoms with Crippen LogP contribution in [0, 0.1) is 0 Å². The SMILES string of the molecule is CC1=C(C(=O)Nc2ccccc2)[C@@H](c2cccs2)n2c(s/c(=C/c3cc(Br)c(N4CCCCC4)o3)c2=O)=N1. The molecule has 10 heteroatoms. The van der Waals surface area contributed by atoms with Crippen LogP contribution in [-0.4, -0.2) is 23.6 Å². The maximum Gasteiger partial charge on any atom is 0.271 e. The summed E-state index contributed by atoms with van der Waals surface area (Å²) in [7, 11) is 0. The molecular formula is C28H25BrN4O3S2. The molecule has 1 amide bonds. The number of hydrogen-bond donors (Lipinski definition) is 1. The van der Waals surface area contributed by atoms with Gasteiger partial charge in [-0.05, 0) is 65.7 Å². The molecule has 2 aliphatic heterocycles. The number of nitrogens with zero attached hydrogens (tertiary/aromatic N) is 3. The predicted molar refractivity (Wildman–Crippen MR) is 156 cm³/mol. The highest BCUT2D eigenvalue weighted by Crippen LogP contribution is 2.34. The minimum absolute atomic E-state index is 0.197. The number of allylic oxidation sites excluding steroid dienone is 1. The summed E-state index contributed by atoms with van der Waals surface area (Å²) in [6.07, 6.45) is 5.29. The van der Waals surface area contributed by atoms with Crippen molar-refractivity contribution in [3.8, 4) is 0 Å². The van der Waals surface area contributed by atoms with Gasteiger partial charge in [0, 0.05) is 35.8 Å². The van der Waals surface area contributed by atoms with E-state index in [1.54, 1.807) is 10.6 Å². The Balaban J connectivity index is 1.42. The van der Waals surface area contributed by atoms with E-state index in [1.165, 1.54) is 29.1 Å². The van der Waals surface area contributed by atoms with Gasteiger partial charge in [-0.15, -0.1) is 11.3 Å². The number of fused-ring (bicyclic) bond motifs is 1. The lowest BCUT2D eigenvalue weighted by atomic mass is 10.0. The van der Waals surface area contributed by atoms with Crippen molar-refractivity contribution in [1.29, 1.82) is 0 Å². The fraction of sp³-hybridized carbons (Fsp3) is 0.250. The number of para-hydroxylation sites is 1. The Hall–Kier alpha value is -3.21. The van der Waals surface area contributed by atoms with Gasteiger partial charge in [-0.25, -0.2) is 4.99 Å². The molecule has 1 saturated heterocycles. The highest BCUT2D eigenvalue weighted by molar-refractivity contribution is 9.10. The molecule has 1 aromatic carbocycles. The van der Waals surface area contributed by atoms with Crippen LogP contribution in [0.5, 0.6) is 0 Å². The lowest BCUT2D eigenvalue weighted by Gasteiger charge is -2.26. The fourth-order valence-electron chi connectivity index (χ4n) is 4.94. The van der Waals surface area contributed by atoms with E-state index in [0.29, 0.717) is 32.1 Å². The van der Waals surface area contributed by atoms with E-state index in [-0.39, 0.29) is 11.5 Å². The number of amides is 1. The Morgan fingerprint density at radius 1 is 1.16 bits per heavy atom. The van der Waals surface area contributed by atoms with Crippen LogP contribution < -0.4 is 25.1 Å². The van der Waals surface area contributed by atoms with Gasteiger partial charge in [0.15, 0.2) is 4.80 Å². The second-order valence-electron chi connectivity index (χ2n) is 9.27. The van der Waals surface area contributed by atoms with Gasteiger partial charge in [0.1, 0.15) is 11.8 Å². The van der Waals surface area contributed by atoms with Gasteiger partial charge in [-0.2, -0.15) is 0 Å². The van der Waals surface area contributed by atoms with Crippen molar-refractivity contribution >= 4 is 62.2 Å². The van der Waals surface area contributed by atoms with Crippen LogP contribution >= 0.6 is 38.6 Å². The van der Waals surface area contributed by atoms with Crippen LogP contribution in [0.1, 0.15) is 42.9 Å². The molecule has 0 bridgehead atoms. The molecule has 0 unspecified atom stereocenters. The summed E-state index contributed by atoms with van der Waals surface area (Å²) in [5.74, 6) is 1.13. The van der Waals surface area contributed by atoms with E-state index in [9.17, 15) is 9.59 Å². The largest absolute Gasteiger partial charge is 0.440 e. The molecule has 4 aromatic rings. The first-order valence-corrected chi connectivity index (χ1v) is 14.9. The normalized spacial score (nSPS) is 17.9. The second kappa shape index (κ2) is 10.5. The van der Waals surface area contributed by atoms with Crippen LogP contribution in [-0.2, 0) is 4.79 Å². The number of thiazole rings is 1. The third-order valence-electron chi connectivity index (χ3n) is 6.72. The molecule has 194 valence electrons. The highest BCUT2D eigenvalue weighted by Gasteiger charge is 2.33. The van der Waals surface area contributed by atoms with Gasteiger partial charge in [0.2, 0.25) is 5.88 Å². The lowest BCUT2D eigenvalue weighted by molar-refractivity contribution is -0.113. The monoisotopic (exact) mass is 608 g/mol. The van der Waals surface area contributed by atoms with Gasteiger partial charge < -0.3 is 14.6 Å². The number of halogens is 1. The molecule has 5 heterocycles. The summed E-state index contributed by atoms with van der Waals surface area (Å²) in [6, 6.07) is 14.5. The van der Waals surface area contributed by atoms with Gasteiger partial charge in [-0.3, -0.25) is 14.2 Å². The maximum atomic E-state index is 13.8. The number of nitrogens with one attached hydrogen (secondary N) is 1. The van der Waals surface area contributed by atoms with Crippen molar-refractivity contribution in [2.45, 2.75) is 32.2 Å². The number of rotatable bonds is 5. The first-order valence-electron chi connectivity index (χ1n) is 12.5. The molecular weight excluding hydrogens is 584 g/mol. The summed E-state index contributed by atoms with van der Waals surface area (Å²) in [5, 5.41) is 4.93. The van der Waals surface area contributed by atoms with E-state index in [1.807, 2.05) is 60.8 Å². The Morgan fingerprint density at radius 2 is 1.95 bits per heavy atom. The minimum atomic E-state index is -0.565. The minimum Gasteiger partial charge on any atom is -0.440 e. The molecule has 38 heavy (non-hydrogen) atoms. The Bertz CT molecular complexity index is 1690. The van der Waals surface area contributed by atoms with Gasteiger partial charge in [0.05, 0.1) is 20.3 Å². The smallest absolute Gasteiger partial charge is 0.271 e. The molecule has 2 aliphatic rings. The van der Waals surface area contributed by atoms with Gasteiger partial charge in [0.25, 0.3) is 11.5 Å². The van der Waals surface area contributed by atoms with E-state index < -0.39 is 6.04 Å². The van der Waals surface area contributed by atoms with Crippen molar-refractivity contribution < 1.29 is 9.21 Å². The molecule has 0 aliphatic carbocycles. The second-order valence-corrected chi connectivity index (χ2v) is 12.1. The number of carbonyl (C=O) groups excluding carboxylic acids is 1. The molecule has 0 saturated carbocycles. The molecule has 1 N–H and O–H groups in total. The molecule has 7 nitrogen and oxygen atoms in total. The van der Waals surface area contributed by atoms with Crippen molar-refractivity contribution in [3.05, 3.63) is 100.0 Å². The van der Waals surface area contributed by atoms with Crippen molar-refractivity contribution in [3.63, 3.8) is 0 Å². The van der Waals surface area contributed by atoms with E-state index in [4.69, 9.17) is 9.41 Å². The number of piperidine rings is 1. The van der Waals surface area contributed by atoms with Crippen LogP contribution in [0.3, 0.4) is 0 Å². The molecule has 1 atom stereocenters. The molecule has 6 rings (SSSR count). The summed E-state index contributed by atoms with van der Waals surface area (Å²) in [6.45, 7) is 3.75. The number of benzene rings is 1. The third kappa shape index (κ3) is 4.72. The summed E-state index contributed by atoms with van der Waals surface area (Å²) in [4.78, 5) is 35.8. The van der Waals surface area contributed by atoms with E-state index >= 15 is 0 Å². The first-order chi connectivity index (χ1) is 18.5. The number of thiophene rings is 1. The number of hydrogen-bond acceptors (Lipinski definition) is 7. The quantitative estimate of drug-likeness (QED) is 0.334. The zero-order valence-corrected chi connectivity index (χ0v) is 23.9. The zero-order valence-electron chi connectivity index (χ0n) is 20.6. The highest BCUT2D eigenvalue weighted by atomic mass is 79.9. The van der Waals surface area contributed by atoms with E-state index in [0.717, 1.165) is 41.2 Å². The molecule has 1 fully saturated rings. The topological polar surface area (TPSA) is 79.8 Å². The standard InChI is InChI=1S/C28H25BrN4O3S2/c1-17-23(25(34)31-18-9-4-2-5-10-18)24(21-11-8-14-37-21)33-26(35)22(38-28(33)30-17)16-19-15-20(29)27(36-19)32-12-6-3-7-13-32/h2,4-5,8-11,14-16,24H,3,6-7,12-13H2,1H3,(H,31,34)/b22-16+/t24-/m1/s1. The number of carbonyl (C=O) groups is 1. The number of aromatic nitrogens is 1. The summed E-state index contributed by atoms with van der Waals surface area (Å²) >= 11 is 6.45. The maximum absolute atomic E-state index is 13.8.